The van der Waals surface area contributed by atoms with E-state index in [0.717, 1.165) is 22.5 Å². The summed E-state index contributed by atoms with van der Waals surface area (Å²) >= 11 is 0. The Morgan fingerprint density at radius 2 is 0.704 bits per heavy atom. The molecule has 2 heteroatoms. The van der Waals surface area contributed by atoms with Crippen LogP contribution < -0.4 is 0 Å². The highest BCUT2D eigenvalue weighted by Crippen LogP contribution is 2.48. The molecule has 2 aromatic heterocycles. The minimum atomic E-state index is 0.967. The van der Waals surface area contributed by atoms with Gasteiger partial charge in [-0.1, -0.05) is 121 Å². The Morgan fingerprint density at radius 1 is 0.241 bits per heavy atom. The van der Waals surface area contributed by atoms with Crippen LogP contribution in [0.5, 0.6) is 0 Å². The minimum absolute atomic E-state index is 0.967. The monoisotopic (exact) mass is 684 g/mol. The van der Waals surface area contributed by atoms with Crippen molar-refractivity contribution in [2.24, 2.45) is 0 Å². The maximum absolute atomic E-state index is 4.74. The maximum atomic E-state index is 4.74. The fourth-order valence-electron chi connectivity index (χ4n) is 8.63. The molecule has 0 spiro atoms. The first-order chi connectivity index (χ1) is 26.8. The molecule has 0 aliphatic carbocycles. The van der Waals surface area contributed by atoms with Gasteiger partial charge in [0, 0.05) is 23.5 Å². The first-order valence-electron chi connectivity index (χ1n) is 18.5. The van der Waals surface area contributed by atoms with Gasteiger partial charge >= 0.3 is 0 Å². The normalized spacial score (nSPS) is 11.7. The number of fused-ring (bicyclic) bond motifs is 9. The van der Waals surface area contributed by atoms with Gasteiger partial charge in [-0.15, -0.1) is 0 Å². The number of rotatable bonds is 4. The van der Waals surface area contributed by atoms with Crippen molar-refractivity contribution >= 4 is 64.6 Å². The first-order valence-corrected chi connectivity index (χ1v) is 18.5. The summed E-state index contributed by atoms with van der Waals surface area (Å²) in [6, 6.07) is 66.3. The summed E-state index contributed by atoms with van der Waals surface area (Å²) in [6.45, 7) is 0. The van der Waals surface area contributed by atoms with Gasteiger partial charge in [-0.3, -0.25) is 9.97 Å². The summed E-state index contributed by atoms with van der Waals surface area (Å²) in [5.41, 5.74) is 9.13. The van der Waals surface area contributed by atoms with Crippen LogP contribution in [0.25, 0.3) is 109 Å². The summed E-state index contributed by atoms with van der Waals surface area (Å²) in [5, 5.41) is 14.8. The molecule has 0 unspecified atom stereocenters. The first kappa shape index (κ1) is 30.5. The van der Waals surface area contributed by atoms with E-state index in [1.54, 1.807) is 0 Å². The lowest BCUT2D eigenvalue weighted by Crippen LogP contribution is -1.93. The summed E-state index contributed by atoms with van der Waals surface area (Å²) in [4.78, 5) is 9.40. The summed E-state index contributed by atoms with van der Waals surface area (Å²) in [7, 11) is 0. The molecule has 0 amide bonds. The Balaban J connectivity index is 1.33. The van der Waals surface area contributed by atoms with E-state index < -0.39 is 0 Å². The molecule has 2 nitrogen and oxygen atoms in total. The standard InChI is InChI=1S/C52H32N2/c1-3-13-33(14-4-1)51-40-17-7-8-18-41(40)52(34-15-5-2-6-16-34)48-32-46-43-28-35-21-22-36(49-19-9-11-25-53-49)27-38(35)30-44(43)42-29-37(50-20-10-12-26-54-50)23-24-39(42)45(46)31-47(48)51/h1-32H. The van der Waals surface area contributed by atoms with Crippen molar-refractivity contribution < 1.29 is 0 Å². The largest absolute Gasteiger partial charge is 0.256 e. The zero-order valence-electron chi connectivity index (χ0n) is 29.4. The Bertz CT molecular complexity index is 3230. The van der Waals surface area contributed by atoms with Gasteiger partial charge in [-0.05, 0) is 148 Å². The van der Waals surface area contributed by atoms with Gasteiger partial charge in [0.15, 0.2) is 0 Å². The lowest BCUT2D eigenvalue weighted by Gasteiger charge is -2.20. The summed E-state index contributed by atoms with van der Waals surface area (Å²) < 4.78 is 0. The van der Waals surface area contributed by atoms with Crippen molar-refractivity contribution in [3.63, 3.8) is 0 Å². The lowest BCUT2D eigenvalue weighted by molar-refractivity contribution is 1.33. The van der Waals surface area contributed by atoms with E-state index in [1.807, 2.05) is 30.6 Å². The van der Waals surface area contributed by atoms with Crippen LogP contribution >= 0.6 is 0 Å². The van der Waals surface area contributed by atoms with Crippen molar-refractivity contribution in [2.75, 3.05) is 0 Å². The second-order valence-electron chi connectivity index (χ2n) is 14.1. The fourth-order valence-corrected chi connectivity index (χ4v) is 8.63. The van der Waals surface area contributed by atoms with Gasteiger partial charge in [0.25, 0.3) is 0 Å². The van der Waals surface area contributed by atoms with E-state index in [9.17, 15) is 0 Å². The maximum Gasteiger partial charge on any atom is 0.0702 e. The van der Waals surface area contributed by atoms with E-state index in [0.29, 0.717) is 0 Å². The van der Waals surface area contributed by atoms with E-state index >= 15 is 0 Å². The van der Waals surface area contributed by atoms with Gasteiger partial charge in [0.1, 0.15) is 0 Å². The van der Waals surface area contributed by atoms with Crippen LogP contribution in [0.4, 0.5) is 0 Å². The molecule has 9 aromatic carbocycles. The Kier molecular flexibility index (Phi) is 6.90. The number of pyridine rings is 2. The average molecular weight is 685 g/mol. The molecular weight excluding hydrogens is 653 g/mol. The van der Waals surface area contributed by atoms with Crippen LogP contribution in [0.15, 0.2) is 194 Å². The van der Waals surface area contributed by atoms with Crippen molar-refractivity contribution in [3.8, 4) is 44.8 Å². The van der Waals surface area contributed by atoms with Crippen molar-refractivity contribution in [1.82, 2.24) is 9.97 Å². The van der Waals surface area contributed by atoms with Crippen molar-refractivity contribution in [1.29, 1.82) is 0 Å². The molecule has 2 heterocycles. The quantitative estimate of drug-likeness (QED) is 0.136. The van der Waals surface area contributed by atoms with Gasteiger partial charge in [-0.2, -0.15) is 0 Å². The van der Waals surface area contributed by atoms with E-state index in [-0.39, 0.29) is 0 Å². The Hall–Kier alpha value is -7.16. The molecule has 0 N–H and O–H groups in total. The van der Waals surface area contributed by atoms with Crippen LogP contribution in [0.1, 0.15) is 0 Å². The third kappa shape index (κ3) is 4.81. The van der Waals surface area contributed by atoms with Crippen LogP contribution in [-0.4, -0.2) is 9.97 Å². The van der Waals surface area contributed by atoms with E-state index in [4.69, 9.17) is 4.98 Å². The molecule has 0 saturated heterocycles. The molecule has 11 rings (SSSR count). The number of hydrogen-bond donors (Lipinski definition) is 0. The molecule has 54 heavy (non-hydrogen) atoms. The second-order valence-corrected chi connectivity index (χ2v) is 14.1. The predicted molar refractivity (Wildman–Crippen MR) is 229 cm³/mol. The highest BCUT2D eigenvalue weighted by molar-refractivity contribution is 6.32. The highest BCUT2D eigenvalue weighted by Gasteiger charge is 2.20. The van der Waals surface area contributed by atoms with E-state index in [1.165, 1.54) is 86.9 Å². The molecule has 0 aliphatic rings. The Labute approximate surface area is 312 Å². The van der Waals surface area contributed by atoms with E-state index in [2.05, 4.69) is 169 Å². The molecule has 0 fully saturated rings. The fraction of sp³-hybridized carbons (Fsp3) is 0. The number of hydrogen-bond acceptors (Lipinski definition) is 2. The zero-order valence-corrected chi connectivity index (χ0v) is 29.4. The van der Waals surface area contributed by atoms with Gasteiger partial charge in [-0.25, -0.2) is 0 Å². The SMILES string of the molecule is c1ccc(-c2c3ccccc3c(-c3ccccc3)c3cc4c5cc6ccc(-c7ccccn7)cc6cc5c5cc(-c6ccccn6)ccc5c4cc23)cc1. The molecular formula is C52H32N2. The molecule has 0 saturated carbocycles. The van der Waals surface area contributed by atoms with Crippen LogP contribution in [-0.2, 0) is 0 Å². The molecule has 250 valence electrons. The highest BCUT2D eigenvalue weighted by atomic mass is 14.7. The third-order valence-corrected chi connectivity index (χ3v) is 11.1. The molecule has 0 aliphatic heterocycles. The smallest absolute Gasteiger partial charge is 0.0702 e. The molecule has 0 bridgehead atoms. The van der Waals surface area contributed by atoms with Crippen LogP contribution in [0.3, 0.4) is 0 Å². The summed E-state index contributed by atoms with van der Waals surface area (Å²) in [5.74, 6) is 0. The second kappa shape index (κ2) is 12.2. The zero-order chi connectivity index (χ0) is 35.6. The van der Waals surface area contributed by atoms with Crippen LogP contribution in [0, 0.1) is 0 Å². The summed E-state index contributed by atoms with van der Waals surface area (Å²) in [6.07, 6.45) is 3.73. The van der Waals surface area contributed by atoms with Crippen LogP contribution in [0.2, 0.25) is 0 Å². The molecule has 0 radical (unpaired) electrons. The number of benzene rings is 9. The third-order valence-electron chi connectivity index (χ3n) is 11.1. The van der Waals surface area contributed by atoms with Gasteiger partial charge in [0.2, 0.25) is 0 Å². The topological polar surface area (TPSA) is 25.8 Å². The van der Waals surface area contributed by atoms with Gasteiger partial charge < -0.3 is 0 Å². The van der Waals surface area contributed by atoms with Crippen molar-refractivity contribution in [3.05, 3.63) is 194 Å². The number of nitrogens with zero attached hydrogens (tertiary/aromatic N) is 2. The van der Waals surface area contributed by atoms with Crippen molar-refractivity contribution in [2.45, 2.75) is 0 Å². The minimum Gasteiger partial charge on any atom is -0.256 e. The molecule has 11 aromatic rings. The predicted octanol–water partition coefficient (Wildman–Crippen LogP) is 14.1. The molecule has 0 atom stereocenters. The Morgan fingerprint density at radius 3 is 1.28 bits per heavy atom. The number of aromatic nitrogens is 2. The lowest BCUT2D eigenvalue weighted by atomic mass is 9.83. The average Bonchev–Trinajstić information content (AvgIpc) is 3.25. The van der Waals surface area contributed by atoms with Gasteiger partial charge in [0.05, 0.1) is 11.4 Å².